The van der Waals surface area contributed by atoms with Crippen LogP contribution < -0.4 is 0 Å². The van der Waals surface area contributed by atoms with Crippen LogP contribution in [-0.2, 0) is 0 Å². The van der Waals surface area contributed by atoms with Crippen molar-refractivity contribution in [2.45, 2.75) is 72.1 Å². The van der Waals surface area contributed by atoms with Gasteiger partial charge in [0.25, 0.3) is 0 Å². The number of terminal acetylenes is 2. The molecule has 0 atom stereocenters. The van der Waals surface area contributed by atoms with Gasteiger partial charge >= 0.3 is 0 Å². The van der Waals surface area contributed by atoms with Crippen LogP contribution >= 0.6 is 0 Å². The standard InChI is InChI=1S/C14H20.C6H11N.C2H6.2C2H2/c1-12-8-10-14(11-9-12)13-6-4-2-3-5-7-13;1-3-7-4-6(2)5-7;3*1-2/h8-11,13H,2-7H2,1H3;3,6H,1,4-5H2,2H3;1-2H3;2*1-2H. The molecular formula is C26H41N. The summed E-state index contributed by atoms with van der Waals surface area (Å²) in [5, 5.41) is 0. The average Bonchev–Trinajstić information content (AvgIpc) is 3.01. The molecule has 0 radical (unpaired) electrons. The topological polar surface area (TPSA) is 3.24 Å². The average molecular weight is 368 g/mol. The maximum Gasteiger partial charge on any atom is 0.0214 e. The van der Waals surface area contributed by atoms with E-state index >= 15 is 0 Å². The number of hydrogen-bond donors (Lipinski definition) is 0. The lowest BCUT2D eigenvalue weighted by Gasteiger charge is -2.35. The minimum atomic E-state index is 0.845. The summed E-state index contributed by atoms with van der Waals surface area (Å²) >= 11 is 0. The SMILES string of the molecule is C#C.C#C.C=CN1CC(C)C1.CC.Cc1ccc(C2CCCCCC2)cc1. The van der Waals surface area contributed by atoms with Crippen LogP contribution in [-0.4, -0.2) is 18.0 Å². The van der Waals surface area contributed by atoms with Crippen LogP contribution in [0.15, 0.2) is 37.0 Å². The zero-order chi connectivity index (χ0) is 21.1. The third kappa shape index (κ3) is 12.0. The van der Waals surface area contributed by atoms with Gasteiger partial charge in [-0.2, -0.15) is 0 Å². The highest BCUT2D eigenvalue weighted by molar-refractivity contribution is 5.24. The first-order chi connectivity index (χ1) is 13.2. The Labute approximate surface area is 170 Å². The molecule has 1 aliphatic heterocycles. The van der Waals surface area contributed by atoms with E-state index in [1.54, 1.807) is 5.56 Å². The highest BCUT2D eigenvalue weighted by Gasteiger charge is 2.17. The largest absolute Gasteiger partial charge is 0.377 e. The second kappa shape index (κ2) is 18.7. The molecule has 3 rings (SSSR count). The molecule has 1 aliphatic carbocycles. The predicted octanol–water partition coefficient (Wildman–Crippen LogP) is 7.04. The summed E-state index contributed by atoms with van der Waals surface area (Å²) in [5.41, 5.74) is 2.94. The minimum Gasteiger partial charge on any atom is -0.377 e. The Kier molecular flexibility index (Phi) is 18.7. The lowest BCUT2D eigenvalue weighted by Crippen LogP contribution is -2.40. The van der Waals surface area contributed by atoms with Gasteiger partial charge in [0.05, 0.1) is 0 Å². The highest BCUT2D eigenvalue weighted by atomic mass is 15.2. The van der Waals surface area contributed by atoms with Crippen LogP contribution in [0.5, 0.6) is 0 Å². The highest BCUT2D eigenvalue weighted by Crippen LogP contribution is 2.31. The molecule has 2 aliphatic rings. The van der Waals surface area contributed by atoms with E-state index < -0.39 is 0 Å². The molecule has 0 amide bonds. The maximum atomic E-state index is 4.00. The smallest absolute Gasteiger partial charge is 0.0214 e. The molecule has 1 heterocycles. The van der Waals surface area contributed by atoms with Gasteiger partial charge in [-0.25, -0.2) is 0 Å². The Bertz CT molecular complexity index is 474. The van der Waals surface area contributed by atoms with Crippen LogP contribution in [0.2, 0.25) is 0 Å². The fraction of sp³-hybridized carbons (Fsp3) is 0.538. The molecule has 0 aromatic heterocycles. The van der Waals surface area contributed by atoms with Gasteiger partial charge in [0.1, 0.15) is 0 Å². The van der Waals surface area contributed by atoms with E-state index in [1.807, 2.05) is 20.0 Å². The van der Waals surface area contributed by atoms with Gasteiger partial charge in [0.2, 0.25) is 0 Å². The molecule has 1 aromatic carbocycles. The zero-order valence-electron chi connectivity index (χ0n) is 18.2. The van der Waals surface area contributed by atoms with Crippen molar-refractivity contribution in [1.29, 1.82) is 0 Å². The maximum absolute atomic E-state index is 4.00. The summed E-state index contributed by atoms with van der Waals surface area (Å²) in [6, 6.07) is 9.15. The van der Waals surface area contributed by atoms with E-state index in [1.165, 1.54) is 57.2 Å². The van der Waals surface area contributed by atoms with E-state index in [9.17, 15) is 0 Å². The molecule has 1 saturated carbocycles. The van der Waals surface area contributed by atoms with E-state index in [0.717, 1.165) is 11.8 Å². The molecule has 1 aromatic rings. The number of rotatable bonds is 2. The monoisotopic (exact) mass is 367 g/mol. The quantitative estimate of drug-likeness (QED) is 0.400. The molecule has 1 saturated heterocycles. The first-order valence-electron chi connectivity index (χ1n) is 10.3. The fourth-order valence-corrected chi connectivity index (χ4v) is 3.35. The minimum absolute atomic E-state index is 0.845. The van der Waals surface area contributed by atoms with Crippen molar-refractivity contribution in [2.24, 2.45) is 5.92 Å². The first kappa shape index (κ1) is 27.1. The molecule has 0 unspecified atom stereocenters. The van der Waals surface area contributed by atoms with Crippen molar-refractivity contribution in [3.63, 3.8) is 0 Å². The van der Waals surface area contributed by atoms with Crippen molar-refractivity contribution >= 4 is 0 Å². The second-order valence-electron chi connectivity index (χ2n) is 6.84. The third-order valence-electron chi connectivity index (χ3n) is 4.75. The molecule has 1 nitrogen and oxygen atoms in total. The molecule has 150 valence electrons. The predicted molar refractivity (Wildman–Crippen MR) is 124 cm³/mol. The third-order valence-corrected chi connectivity index (χ3v) is 4.75. The Morgan fingerprint density at radius 2 is 1.33 bits per heavy atom. The Hall–Kier alpha value is -2.12. The summed E-state index contributed by atoms with van der Waals surface area (Å²) in [4.78, 5) is 2.21. The van der Waals surface area contributed by atoms with Crippen molar-refractivity contribution < 1.29 is 0 Å². The van der Waals surface area contributed by atoms with Crippen molar-refractivity contribution in [2.75, 3.05) is 13.1 Å². The summed E-state index contributed by atoms with van der Waals surface area (Å²) in [5.74, 6) is 1.75. The van der Waals surface area contributed by atoms with E-state index in [-0.39, 0.29) is 0 Å². The summed E-state index contributed by atoms with van der Waals surface area (Å²) < 4.78 is 0. The van der Waals surface area contributed by atoms with Crippen LogP contribution in [0.25, 0.3) is 0 Å². The number of aryl methyl sites for hydroxylation is 1. The van der Waals surface area contributed by atoms with Crippen LogP contribution in [0.1, 0.15) is 76.3 Å². The van der Waals surface area contributed by atoms with E-state index in [4.69, 9.17) is 0 Å². The Morgan fingerprint density at radius 1 is 0.889 bits per heavy atom. The van der Waals surface area contributed by atoms with Crippen LogP contribution in [0.3, 0.4) is 0 Å². The van der Waals surface area contributed by atoms with Gasteiger partial charge in [-0.05, 0) is 43.4 Å². The lowest BCUT2D eigenvalue weighted by atomic mass is 9.91. The lowest BCUT2D eigenvalue weighted by molar-refractivity contribution is 0.177. The zero-order valence-corrected chi connectivity index (χ0v) is 18.2. The fourth-order valence-electron chi connectivity index (χ4n) is 3.35. The molecular weight excluding hydrogens is 326 g/mol. The molecule has 0 spiro atoms. The van der Waals surface area contributed by atoms with Gasteiger partial charge in [-0.3, -0.25) is 0 Å². The second-order valence-corrected chi connectivity index (χ2v) is 6.84. The molecule has 27 heavy (non-hydrogen) atoms. The van der Waals surface area contributed by atoms with Crippen molar-refractivity contribution in [1.82, 2.24) is 4.90 Å². The first-order valence-corrected chi connectivity index (χ1v) is 10.3. The van der Waals surface area contributed by atoms with Gasteiger partial charge in [-0.15, -0.1) is 25.7 Å². The summed E-state index contributed by atoms with van der Waals surface area (Å²) in [7, 11) is 0. The molecule has 2 fully saturated rings. The number of hydrogen-bond acceptors (Lipinski definition) is 1. The van der Waals surface area contributed by atoms with E-state index in [0.29, 0.717) is 0 Å². The molecule has 1 heteroatoms. The van der Waals surface area contributed by atoms with Crippen molar-refractivity contribution in [3.8, 4) is 25.7 Å². The van der Waals surface area contributed by atoms with Crippen molar-refractivity contribution in [3.05, 3.63) is 48.2 Å². The van der Waals surface area contributed by atoms with Crippen LogP contribution in [0, 0.1) is 38.5 Å². The number of likely N-dealkylation sites (tertiary alicyclic amines) is 1. The molecule has 0 N–H and O–H groups in total. The van der Waals surface area contributed by atoms with Gasteiger partial charge < -0.3 is 4.90 Å². The Balaban J connectivity index is 0. The van der Waals surface area contributed by atoms with Gasteiger partial charge in [0.15, 0.2) is 0 Å². The Morgan fingerprint density at radius 3 is 1.67 bits per heavy atom. The van der Waals surface area contributed by atoms with Crippen LogP contribution in [0.4, 0.5) is 0 Å². The number of nitrogens with zero attached hydrogens (tertiary/aromatic N) is 1. The summed E-state index contributed by atoms with van der Waals surface area (Å²) in [6.45, 7) is 14.5. The number of benzene rings is 1. The summed E-state index contributed by atoms with van der Waals surface area (Å²) in [6.07, 6.45) is 26.5. The normalized spacial score (nSPS) is 15.9. The van der Waals surface area contributed by atoms with Gasteiger partial charge in [-0.1, -0.05) is 82.9 Å². The van der Waals surface area contributed by atoms with Gasteiger partial charge in [0, 0.05) is 13.1 Å². The molecule has 0 bridgehead atoms. The van der Waals surface area contributed by atoms with E-state index in [2.05, 4.69) is 75.3 Å².